The van der Waals surface area contributed by atoms with Crippen LogP contribution in [0.15, 0.2) is 0 Å². The lowest BCUT2D eigenvalue weighted by molar-refractivity contribution is -0.223. The molecule has 76 valence electrons. The van der Waals surface area contributed by atoms with Crippen LogP contribution in [0.3, 0.4) is 0 Å². The summed E-state index contributed by atoms with van der Waals surface area (Å²) in [6, 6.07) is 0. The number of aliphatic carboxylic acids is 1. The van der Waals surface area contributed by atoms with E-state index in [1.807, 2.05) is 0 Å². The highest BCUT2D eigenvalue weighted by molar-refractivity contribution is 5.73. The number of aliphatic hydroxyl groups excluding tert-OH is 3. The largest absolute Gasteiger partial charge is 0.479 e. The molecule has 4 N–H and O–H groups in total. The second-order valence-corrected chi connectivity index (χ2v) is 3.07. The molecule has 0 saturated carbocycles. The highest BCUT2D eigenvalue weighted by Gasteiger charge is 2.44. The molecule has 1 aliphatic heterocycles. The predicted octanol–water partition coefficient (Wildman–Crippen LogP) is -2.06. The van der Waals surface area contributed by atoms with E-state index < -0.39 is 36.5 Å². The summed E-state index contributed by atoms with van der Waals surface area (Å²) in [7, 11) is 0. The van der Waals surface area contributed by atoms with Crippen molar-refractivity contribution in [3.8, 4) is 0 Å². The molecule has 1 rings (SSSR count). The average molecular weight is 192 g/mol. The minimum absolute atomic E-state index is 0.806. The van der Waals surface area contributed by atoms with Gasteiger partial charge in [0.2, 0.25) is 0 Å². The summed E-state index contributed by atoms with van der Waals surface area (Å²) in [5.41, 5.74) is 0. The summed E-state index contributed by atoms with van der Waals surface area (Å²) in [5.74, 6) is -1.36. The van der Waals surface area contributed by atoms with E-state index >= 15 is 0 Å². The molecular weight excluding hydrogens is 180 g/mol. The standard InChI is InChI=1S/C7H12O6/c1-2-3(8)4(9)5(10)6(13-2)7(11)12/h2-6,8-10H,1H3,(H,11,12)/t2-,3?,4+,5-,6?/m0/s1. The zero-order valence-corrected chi connectivity index (χ0v) is 6.99. The van der Waals surface area contributed by atoms with Gasteiger partial charge in [0, 0.05) is 0 Å². The summed E-state index contributed by atoms with van der Waals surface area (Å²) in [6.45, 7) is 1.43. The van der Waals surface area contributed by atoms with Gasteiger partial charge in [0.05, 0.1) is 6.10 Å². The first-order chi connectivity index (χ1) is 5.95. The highest BCUT2D eigenvalue weighted by atomic mass is 16.6. The highest BCUT2D eigenvalue weighted by Crippen LogP contribution is 2.20. The Morgan fingerprint density at radius 2 is 1.69 bits per heavy atom. The number of ether oxygens (including phenoxy) is 1. The van der Waals surface area contributed by atoms with Gasteiger partial charge in [-0.25, -0.2) is 4.79 Å². The Hall–Kier alpha value is -0.690. The summed E-state index contributed by atoms with van der Waals surface area (Å²) in [6.07, 6.45) is -6.62. The summed E-state index contributed by atoms with van der Waals surface area (Å²) in [4.78, 5) is 10.5. The van der Waals surface area contributed by atoms with Gasteiger partial charge in [-0.2, -0.15) is 0 Å². The summed E-state index contributed by atoms with van der Waals surface area (Å²) < 4.78 is 4.78. The van der Waals surface area contributed by atoms with Gasteiger partial charge in [0.25, 0.3) is 0 Å². The van der Waals surface area contributed by atoms with Gasteiger partial charge in [-0.05, 0) is 6.92 Å². The number of hydrogen-bond acceptors (Lipinski definition) is 5. The Bertz CT molecular complexity index is 205. The van der Waals surface area contributed by atoms with Crippen LogP contribution in [0.1, 0.15) is 6.92 Å². The van der Waals surface area contributed by atoms with Crippen LogP contribution >= 0.6 is 0 Å². The number of rotatable bonds is 1. The molecular formula is C7H12O6. The molecule has 6 nitrogen and oxygen atoms in total. The van der Waals surface area contributed by atoms with Crippen molar-refractivity contribution in [2.75, 3.05) is 0 Å². The van der Waals surface area contributed by atoms with Gasteiger partial charge in [-0.1, -0.05) is 0 Å². The van der Waals surface area contributed by atoms with Crippen molar-refractivity contribution < 1.29 is 30.0 Å². The van der Waals surface area contributed by atoms with E-state index in [1.54, 1.807) is 0 Å². The van der Waals surface area contributed by atoms with E-state index in [9.17, 15) is 20.1 Å². The Morgan fingerprint density at radius 1 is 1.15 bits per heavy atom. The molecule has 0 radical (unpaired) electrons. The molecule has 0 spiro atoms. The van der Waals surface area contributed by atoms with E-state index in [2.05, 4.69) is 0 Å². The molecule has 6 heteroatoms. The monoisotopic (exact) mass is 192 g/mol. The fraction of sp³-hybridized carbons (Fsp3) is 0.857. The molecule has 0 aliphatic carbocycles. The first-order valence-corrected chi connectivity index (χ1v) is 3.87. The topological polar surface area (TPSA) is 107 Å². The summed E-state index contributed by atoms with van der Waals surface area (Å²) >= 11 is 0. The van der Waals surface area contributed by atoms with Crippen molar-refractivity contribution >= 4 is 5.97 Å². The van der Waals surface area contributed by atoms with E-state index in [-0.39, 0.29) is 0 Å². The molecule has 13 heavy (non-hydrogen) atoms. The Labute approximate surface area is 74.4 Å². The van der Waals surface area contributed by atoms with Crippen molar-refractivity contribution in [1.29, 1.82) is 0 Å². The van der Waals surface area contributed by atoms with Gasteiger partial charge < -0.3 is 25.2 Å². The number of hydrogen-bond donors (Lipinski definition) is 4. The second-order valence-electron chi connectivity index (χ2n) is 3.07. The Morgan fingerprint density at radius 3 is 2.15 bits per heavy atom. The predicted molar refractivity (Wildman–Crippen MR) is 40.0 cm³/mol. The lowest BCUT2D eigenvalue weighted by atomic mass is 9.96. The van der Waals surface area contributed by atoms with Crippen LogP contribution in [0.5, 0.6) is 0 Å². The van der Waals surface area contributed by atoms with Gasteiger partial charge in [0.15, 0.2) is 6.10 Å². The molecule has 1 heterocycles. The van der Waals surface area contributed by atoms with E-state index in [0.29, 0.717) is 0 Å². The average Bonchev–Trinajstić information content (AvgIpc) is 2.07. The summed E-state index contributed by atoms with van der Waals surface area (Å²) in [5, 5.41) is 36.1. The van der Waals surface area contributed by atoms with Gasteiger partial charge >= 0.3 is 5.97 Å². The molecule has 1 fully saturated rings. The van der Waals surface area contributed by atoms with Crippen molar-refractivity contribution in [3.63, 3.8) is 0 Å². The van der Waals surface area contributed by atoms with E-state index in [0.717, 1.165) is 0 Å². The maximum absolute atomic E-state index is 10.5. The SMILES string of the molecule is C[C@@H]1OC(C(=O)O)[C@@H](O)[C@H](O)C1O. The molecule has 0 bridgehead atoms. The van der Waals surface area contributed by atoms with Gasteiger partial charge in [0.1, 0.15) is 18.3 Å². The minimum atomic E-state index is -1.59. The second kappa shape index (κ2) is 3.59. The number of carbonyl (C=O) groups is 1. The molecule has 2 unspecified atom stereocenters. The number of carboxylic acid groups (broad SMARTS) is 1. The van der Waals surface area contributed by atoms with Crippen molar-refractivity contribution in [2.45, 2.75) is 37.4 Å². The minimum Gasteiger partial charge on any atom is -0.479 e. The van der Waals surface area contributed by atoms with Crippen LogP contribution in [0, 0.1) is 0 Å². The van der Waals surface area contributed by atoms with Crippen LogP contribution in [0.2, 0.25) is 0 Å². The zero-order valence-electron chi connectivity index (χ0n) is 6.99. The zero-order chi connectivity index (χ0) is 10.2. The lowest BCUT2D eigenvalue weighted by Gasteiger charge is -2.37. The molecule has 0 amide bonds. The first kappa shape index (κ1) is 10.4. The molecule has 5 atom stereocenters. The van der Waals surface area contributed by atoms with Gasteiger partial charge in [-0.15, -0.1) is 0 Å². The quantitative estimate of drug-likeness (QED) is 0.380. The fourth-order valence-electron chi connectivity index (χ4n) is 1.26. The van der Waals surface area contributed by atoms with Crippen LogP contribution < -0.4 is 0 Å². The van der Waals surface area contributed by atoms with Crippen LogP contribution in [0.4, 0.5) is 0 Å². The molecule has 1 saturated heterocycles. The van der Waals surface area contributed by atoms with Crippen LogP contribution in [-0.4, -0.2) is 56.9 Å². The third-order valence-electron chi connectivity index (χ3n) is 2.10. The Balaban J connectivity index is 2.76. The van der Waals surface area contributed by atoms with Crippen molar-refractivity contribution in [2.24, 2.45) is 0 Å². The third-order valence-corrected chi connectivity index (χ3v) is 2.10. The molecule has 0 aromatic rings. The normalized spacial score (nSPS) is 46.0. The Kier molecular flexibility index (Phi) is 2.87. The maximum Gasteiger partial charge on any atom is 0.335 e. The van der Waals surface area contributed by atoms with E-state index in [4.69, 9.17) is 9.84 Å². The smallest absolute Gasteiger partial charge is 0.335 e. The van der Waals surface area contributed by atoms with Crippen molar-refractivity contribution in [1.82, 2.24) is 0 Å². The third kappa shape index (κ3) is 1.80. The number of carboxylic acids is 1. The molecule has 0 aromatic carbocycles. The molecule has 0 aromatic heterocycles. The van der Waals surface area contributed by atoms with Gasteiger partial charge in [-0.3, -0.25) is 0 Å². The van der Waals surface area contributed by atoms with Crippen molar-refractivity contribution in [3.05, 3.63) is 0 Å². The molecule has 1 aliphatic rings. The first-order valence-electron chi connectivity index (χ1n) is 3.87. The van der Waals surface area contributed by atoms with E-state index in [1.165, 1.54) is 6.92 Å². The maximum atomic E-state index is 10.5. The van der Waals surface area contributed by atoms with Crippen LogP contribution in [0.25, 0.3) is 0 Å². The lowest BCUT2D eigenvalue weighted by Crippen LogP contribution is -2.58. The fourth-order valence-corrected chi connectivity index (χ4v) is 1.26. The number of aliphatic hydroxyl groups is 3. The van der Waals surface area contributed by atoms with Crippen LogP contribution in [-0.2, 0) is 9.53 Å².